The van der Waals surface area contributed by atoms with Crippen LogP contribution in [0.25, 0.3) is 16.8 Å². The molecule has 0 aliphatic heterocycles. The first-order chi connectivity index (χ1) is 12.8. The monoisotopic (exact) mass is 363 g/mol. The Balaban J connectivity index is 2.22. The summed E-state index contributed by atoms with van der Waals surface area (Å²) in [6, 6.07) is 12.9. The Morgan fingerprint density at radius 2 is 1.52 bits per heavy atom. The number of rotatable bonds is 5. The Morgan fingerprint density at radius 1 is 0.926 bits per heavy atom. The molecule has 0 saturated heterocycles. The van der Waals surface area contributed by atoms with E-state index in [9.17, 15) is 0 Å². The standard InChI is InChI=1S/C24H31N2O/c1-16(2)20-10-8-11-21(17(3)4)24(20)19-14-25(6)26(15-19)22-12-9-13-23(27-7)18(22)5/h8-17H,1-7H3/q+1. The summed E-state index contributed by atoms with van der Waals surface area (Å²) in [5.74, 6) is 1.87. The molecule has 0 aliphatic carbocycles. The van der Waals surface area contributed by atoms with Crippen LogP contribution in [0, 0.1) is 6.92 Å². The van der Waals surface area contributed by atoms with Gasteiger partial charge in [-0.3, -0.25) is 0 Å². The minimum atomic E-state index is 0.478. The van der Waals surface area contributed by atoms with E-state index >= 15 is 0 Å². The fraction of sp³-hybridized carbons (Fsp3) is 0.375. The highest BCUT2D eigenvalue weighted by Gasteiger charge is 2.21. The van der Waals surface area contributed by atoms with Gasteiger partial charge in [-0.2, -0.15) is 0 Å². The lowest BCUT2D eigenvalue weighted by Gasteiger charge is -2.18. The molecule has 0 radical (unpaired) electrons. The normalized spacial score (nSPS) is 11.4. The molecule has 2 aromatic carbocycles. The predicted molar refractivity (Wildman–Crippen MR) is 112 cm³/mol. The number of hydrogen-bond donors (Lipinski definition) is 0. The number of benzene rings is 2. The second-order valence-electron chi connectivity index (χ2n) is 7.86. The highest BCUT2D eigenvalue weighted by atomic mass is 16.5. The molecule has 0 fully saturated rings. The van der Waals surface area contributed by atoms with Crippen LogP contribution >= 0.6 is 0 Å². The fourth-order valence-electron chi connectivity index (χ4n) is 3.84. The molecule has 0 saturated carbocycles. The fourth-order valence-corrected chi connectivity index (χ4v) is 3.84. The van der Waals surface area contributed by atoms with Crippen LogP contribution in [-0.4, -0.2) is 11.8 Å². The first-order valence-electron chi connectivity index (χ1n) is 9.70. The van der Waals surface area contributed by atoms with Gasteiger partial charge in [0, 0.05) is 5.56 Å². The zero-order valence-electron chi connectivity index (χ0n) is 17.6. The number of aryl methyl sites for hydroxylation is 1. The summed E-state index contributed by atoms with van der Waals surface area (Å²) in [6.07, 6.45) is 4.47. The molecule has 3 nitrogen and oxygen atoms in total. The second kappa shape index (κ2) is 7.59. The van der Waals surface area contributed by atoms with Crippen LogP contribution in [0.3, 0.4) is 0 Å². The minimum Gasteiger partial charge on any atom is -0.496 e. The summed E-state index contributed by atoms with van der Waals surface area (Å²) >= 11 is 0. The third-order valence-corrected chi connectivity index (χ3v) is 5.31. The Labute approximate surface area is 163 Å². The van der Waals surface area contributed by atoms with Crippen molar-refractivity contribution >= 4 is 0 Å². The summed E-state index contributed by atoms with van der Waals surface area (Å²) in [5, 5.41) is 0. The molecule has 3 heteroatoms. The van der Waals surface area contributed by atoms with Crippen molar-refractivity contribution in [3.8, 4) is 22.6 Å². The van der Waals surface area contributed by atoms with E-state index in [1.165, 1.54) is 22.3 Å². The molecule has 0 N–H and O–H groups in total. The van der Waals surface area contributed by atoms with Crippen LogP contribution in [0.4, 0.5) is 0 Å². The first-order valence-corrected chi connectivity index (χ1v) is 9.70. The van der Waals surface area contributed by atoms with Gasteiger partial charge in [-0.05, 0) is 47.6 Å². The molecular weight excluding hydrogens is 332 g/mol. The van der Waals surface area contributed by atoms with E-state index in [0.717, 1.165) is 17.0 Å². The molecular formula is C24H31N2O+. The first kappa shape index (κ1) is 19.2. The van der Waals surface area contributed by atoms with E-state index < -0.39 is 0 Å². The second-order valence-corrected chi connectivity index (χ2v) is 7.86. The molecule has 1 aromatic heterocycles. The summed E-state index contributed by atoms with van der Waals surface area (Å²) < 4.78 is 9.87. The maximum absolute atomic E-state index is 5.52. The lowest BCUT2D eigenvalue weighted by Crippen LogP contribution is -2.37. The topological polar surface area (TPSA) is 18.0 Å². The SMILES string of the molecule is COc1cccc(-n2cc(-c3c(C(C)C)cccc3C(C)C)c[n+]2C)c1C. The number of ether oxygens (including phenoxy) is 1. The third-order valence-electron chi connectivity index (χ3n) is 5.31. The smallest absolute Gasteiger partial charge is 0.203 e. The molecule has 0 unspecified atom stereocenters. The predicted octanol–water partition coefficient (Wildman–Crippen LogP) is 5.53. The Bertz CT molecular complexity index is 925. The van der Waals surface area contributed by atoms with Crippen molar-refractivity contribution in [2.45, 2.75) is 46.5 Å². The summed E-state index contributed by atoms with van der Waals surface area (Å²) in [7, 11) is 3.82. The van der Waals surface area contributed by atoms with Gasteiger partial charge in [0.05, 0.1) is 18.9 Å². The molecule has 3 aromatic rings. The molecule has 1 heterocycles. The van der Waals surface area contributed by atoms with Crippen LogP contribution in [-0.2, 0) is 7.05 Å². The van der Waals surface area contributed by atoms with Crippen LogP contribution in [0.1, 0.15) is 56.2 Å². The highest BCUT2D eigenvalue weighted by Crippen LogP contribution is 2.36. The van der Waals surface area contributed by atoms with E-state index in [1.807, 2.05) is 12.1 Å². The zero-order valence-corrected chi connectivity index (χ0v) is 17.6. The molecule has 3 rings (SSSR count). The van der Waals surface area contributed by atoms with Crippen LogP contribution in [0.5, 0.6) is 5.75 Å². The van der Waals surface area contributed by atoms with E-state index in [2.05, 4.69) is 87.7 Å². The average Bonchev–Trinajstić information content (AvgIpc) is 3.02. The maximum Gasteiger partial charge on any atom is 0.203 e. The van der Waals surface area contributed by atoms with Crippen molar-refractivity contribution in [2.24, 2.45) is 7.05 Å². The van der Waals surface area contributed by atoms with Gasteiger partial charge in [-0.15, -0.1) is 9.36 Å². The summed E-state index contributed by atoms with van der Waals surface area (Å²) in [4.78, 5) is 0. The number of hydrogen-bond acceptors (Lipinski definition) is 1. The van der Waals surface area contributed by atoms with Crippen molar-refractivity contribution in [1.82, 2.24) is 4.68 Å². The van der Waals surface area contributed by atoms with E-state index in [1.54, 1.807) is 7.11 Å². The van der Waals surface area contributed by atoms with E-state index in [-0.39, 0.29) is 0 Å². The number of aromatic nitrogens is 2. The zero-order chi connectivity index (χ0) is 19.7. The average molecular weight is 364 g/mol. The van der Waals surface area contributed by atoms with Gasteiger partial charge in [0.1, 0.15) is 11.4 Å². The molecule has 0 aliphatic rings. The van der Waals surface area contributed by atoms with Gasteiger partial charge in [-0.1, -0.05) is 52.0 Å². The number of nitrogens with zero attached hydrogens (tertiary/aromatic N) is 2. The van der Waals surface area contributed by atoms with Gasteiger partial charge >= 0.3 is 0 Å². The third kappa shape index (κ3) is 3.51. The summed E-state index contributed by atoms with van der Waals surface area (Å²) in [6.45, 7) is 11.2. The highest BCUT2D eigenvalue weighted by molar-refractivity contribution is 5.71. The van der Waals surface area contributed by atoms with Crippen molar-refractivity contribution in [2.75, 3.05) is 7.11 Å². The van der Waals surface area contributed by atoms with Gasteiger partial charge in [-0.25, -0.2) is 0 Å². The van der Waals surface area contributed by atoms with Crippen molar-refractivity contribution in [1.29, 1.82) is 0 Å². The van der Waals surface area contributed by atoms with Crippen molar-refractivity contribution in [3.05, 3.63) is 65.5 Å². The molecule has 0 spiro atoms. The Kier molecular flexibility index (Phi) is 5.41. The van der Waals surface area contributed by atoms with Crippen molar-refractivity contribution in [3.63, 3.8) is 0 Å². The molecule has 0 amide bonds. The molecule has 27 heavy (non-hydrogen) atoms. The lowest BCUT2D eigenvalue weighted by molar-refractivity contribution is -0.744. The van der Waals surface area contributed by atoms with Crippen LogP contribution < -0.4 is 9.42 Å². The van der Waals surface area contributed by atoms with Gasteiger partial charge in [0.2, 0.25) is 6.20 Å². The van der Waals surface area contributed by atoms with Crippen LogP contribution in [0.15, 0.2) is 48.8 Å². The molecule has 142 valence electrons. The van der Waals surface area contributed by atoms with Gasteiger partial charge in [0.25, 0.3) is 0 Å². The Hall–Kier alpha value is -2.55. The minimum absolute atomic E-state index is 0.478. The van der Waals surface area contributed by atoms with Gasteiger partial charge < -0.3 is 4.74 Å². The maximum atomic E-state index is 5.52. The van der Waals surface area contributed by atoms with E-state index in [0.29, 0.717) is 11.8 Å². The van der Waals surface area contributed by atoms with Crippen LogP contribution in [0.2, 0.25) is 0 Å². The van der Waals surface area contributed by atoms with Crippen molar-refractivity contribution < 1.29 is 9.42 Å². The van der Waals surface area contributed by atoms with Gasteiger partial charge in [0.15, 0.2) is 7.05 Å². The largest absolute Gasteiger partial charge is 0.496 e. The number of methoxy groups -OCH3 is 1. The summed E-state index contributed by atoms with van der Waals surface area (Å²) in [5.41, 5.74) is 7.71. The van der Waals surface area contributed by atoms with E-state index in [4.69, 9.17) is 4.74 Å². The Morgan fingerprint density at radius 3 is 2.07 bits per heavy atom. The lowest BCUT2D eigenvalue weighted by atomic mass is 9.86. The molecule has 0 atom stereocenters. The molecule has 0 bridgehead atoms. The quantitative estimate of drug-likeness (QED) is 0.545.